The Kier molecular flexibility index (Phi) is 5.42. The van der Waals surface area contributed by atoms with Crippen molar-refractivity contribution in [2.45, 2.75) is 6.61 Å². The summed E-state index contributed by atoms with van der Waals surface area (Å²) in [5, 5.41) is 13.0. The molecule has 0 atom stereocenters. The standard InChI is InChI=1S/C21H17N3O/c22-14-17-6-8-19(9-7-17)16-25-21-12-10-18(11-13-21)15-23-24-20-4-2-1-3-5-20/h1-13,15,24H,16H2. The number of nitrogens with zero attached hydrogens (tertiary/aromatic N) is 2. The molecule has 3 aromatic rings. The summed E-state index contributed by atoms with van der Waals surface area (Å²) >= 11 is 0. The van der Waals surface area contributed by atoms with Gasteiger partial charge >= 0.3 is 0 Å². The average molecular weight is 327 g/mol. The van der Waals surface area contributed by atoms with E-state index in [2.05, 4.69) is 16.6 Å². The largest absolute Gasteiger partial charge is 0.489 e. The molecule has 3 aromatic carbocycles. The molecule has 122 valence electrons. The third-order valence-corrected chi connectivity index (χ3v) is 3.55. The molecule has 3 rings (SSSR count). The fourth-order valence-corrected chi connectivity index (χ4v) is 2.19. The maximum Gasteiger partial charge on any atom is 0.119 e. The number of hydrogen-bond acceptors (Lipinski definition) is 4. The van der Waals surface area contributed by atoms with Gasteiger partial charge in [-0.25, -0.2) is 0 Å². The van der Waals surface area contributed by atoms with Crippen molar-refractivity contribution >= 4 is 11.9 Å². The minimum Gasteiger partial charge on any atom is -0.489 e. The topological polar surface area (TPSA) is 57.4 Å². The lowest BCUT2D eigenvalue weighted by molar-refractivity contribution is 0.306. The zero-order chi connectivity index (χ0) is 17.3. The molecule has 0 aliphatic carbocycles. The molecule has 0 aromatic heterocycles. The summed E-state index contributed by atoms with van der Waals surface area (Å²) in [6.45, 7) is 0.467. The van der Waals surface area contributed by atoms with Crippen molar-refractivity contribution in [1.29, 1.82) is 5.26 Å². The first-order valence-electron chi connectivity index (χ1n) is 7.89. The molecule has 25 heavy (non-hydrogen) atoms. The van der Waals surface area contributed by atoms with Crippen molar-refractivity contribution in [2.75, 3.05) is 5.43 Å². The van der Waals surface area contributed by atoms with Gasteiger partial charge < -0.3 is 4.74 Å². The predicted octanol–water partition coefficient (Wildman–Crippen LogP) is 4.58. The van der Waals surface area contributed by atoms with Crippen molar-refractivity contribution in [1.82, 2.24) is 0 Å². The SMILES string of the molecule is N#Cc1ccc(COc2ccc(C=NNc3ccccc3)cc2)cc1. The molecule has 4 heteroatoms. The first-order valence-corrected chi connectivity index (χ1v) is 7.89. The third-order valence-electron chi connectivity index (χ3n) is 3.55. The van der Waals surface area contributed by atoms with E-state index in [-0.39, 0.29) is 0 Å². The van der Waals surface area contributed by atoms with Crippen LogP contribution in [0.15, 0.2) is 84.0 Å². The second-order valence-electron chi connectivity index (χ2n) is 5.40. The first kappa shape index (κ1) is 16.3. The summed E-state index contributed by atoms with van der Waals surface area (Å²) in [5.41, 5.74) is 6.58. The van der Waals surface area contributed by atoms with Gasteiger partial charge in [0.15, 0.2) is 0 Å². The molecule has 1 N–H and O–H groups in total. The van der Waals surface area contributed by atoms with Gasteiger partial charge in [0.1, 0.15) is 12.4 Å². The lowest BCUT2D eigenvalue weighted by atomic mass is 10.1. The number of hydrogen-bond donors (Lipinski definition) is 1. The molecular weight excluding hydrogens is 310 g/mol. The van der Waals surface area contributed by atoms with Crippen LogP contribution in [0, 0.1) is 11.3 Å². The molecule has 0 spiro atoms. The number of nitriles is 1. The zero-order valence-corrected chi connectivity index (χ0v) is 13.6. The number of benzene rings is 3. The van der Waals surface area contributed by atoms with Crippen LogP contribution in [0.3, 0.4) is 0 Å². The number of hydrazone groups is 1. The Balaban J connectivity index is 1.52. The molecule has 0 bridgehead atoms. The lowest BCUT2D eigenvalue weighted by Gasteiger charge is -2.06. The average Bonchev–Trinajstić information content (AvgIpc) is 2.68. The first-order chi connectivity index (χ1) is 12.3. The molecule has 0 heterocycles. The molecule has 0 aliphatic heterocycles. The molecule has 0 saturated carbocycles. The fraction of sp³-hybridized carbons (Fsp3) is 0.0476. The van der Waals surface area contributed by atoms with E-state index in [1.165, 1.54) is 0 Å². The van der Waals surface area contributed by atoms with Crippen molar-refractivity contribution in [3.63, 3.8) is 0 Å². The van der Waals surface area contributed by atoms with Crippen LogP contribution in [0.1, 0.15) is 16.7 Å². The highest BCUT2D eigenvalue weighted by molar-refractivity contribution is 5.80. The van der Waals surface area contributed by atoms with Gasteiger partial charge in [-0.05, 0) is 59.7 Å². The van der Waals surface area contributed by atoms with Crippen LogP contribution >= 0.6 is 0 Å². The van der Waals surface area contributed by atoms with Gasteiger partial charge in [0.2, 0.25) is 0 Å². The number of rotatable bonds is 6. The molecule has 0 amide bonds. The number of para-hydroxylation sites is 1. The highest BCUT2D eigenvalue weighted by Gasteiger charge is 1.97. The maximum absolute atomic E-state index is 8.79. The smallest absolute Gasteiger partial charge is 0.119 e. The molecule has 0 radical (unpaired) electrons. The van der Waals surface area contributed by atoms with Gasteiger partial charge in [0.25, 0.3) is 0 Å². The van der Waals surface area contributed by atoms with Crippen LogP contribution in [0.25, 0.3) is 0 Å². The fourth-order valence-electron chi connectivity index (χ4n) is 2.19. The third kappa shape index (κ3) is 4.95. The van der Waals surface area contributed by atoms with Crippen molar-refractivity contribution in [3.05, 3.63) is 95.6 Å². The predicted molar refractivity (Wildman–Crippen MR) is 99.6 cm³/mol. The summed E-state index contributed by atoms with van der Waals surface area (Å²) in [6.07, 6.45) is 1.76. The van der Waals surface area contributed by atoms with E-state index in [1.807, 2.05) is 66.7 Å². The van der Waals surface area contributed by atoms with Gasteiger partial charge in [0.05, 0.1) is 23.5 Å². The van der Waals surface area contributed by atoms with E-state index in [4.69, 9.17) is 10.00 Å². The lowest BCUT2D eigenvalue weighted by Crippen LogP contribution is -1.96. The number of anilines is 1. The van der Waals surface area contributed by atoms with Gasteiger partial charge in [0, 0.05) is 0 Å². The zero-order valence-electron chi connectivity index (χ0n) is 13.6. The van der Waals surface area contributed by atoms with E-state index < -0.39 is 0 Å². The van der Waals surface area contributed by atoms with Crippen molar-refractivity contribution < 1.29 is 4.74 Å². The Morgan fingerprint density at radius 2 is 1.64 bits per heavy atom. The molecule has 0 aliphatic rings. The second kappa shape index (κ2) is 8.32. The Morgan fingerprint density at radius 1 is 0.920 bits per heavy atom. The van der Waals surface area contributed by atoms with Gasteiger partial charge in [-0.1, -0.05) is 30.3 Å². The summed E-state index contributed by atoms with van der Waals surface area (Å²) in [5.74, 6) is 0.789. The number of ether oxygens (including phenoxy) is 1. The van der Waals surface area contributed by atoms with Gasteiger partial charge in [-0.2, -0.15) is 10.4 Å². The van der Waals surface area contributed by atoms with Crippen molar-refractivity contribution in [2.24, 2.45) is 5.10 Å². The Morgan fingerprint density at radius 3 is 2.32 bits per heavy atom. The van der Waals surface area contributed by atoms with Crippen LogP contribution in [0.4, 0.5) is 5.69 Å². The van der Waals surface area contributed by atoms with Crippen LogP contribution in [-0.2, 0) is 6.61 Å². The monoisotopic (exact) mass is 327 g/mol. The number of nitrogens with one attached hydrogen (secondary N) is 1. The van der Waals surface area contributed by atoms with E-state index >= 15 is 0 Å². The molecule has 0 fully saturated rings. The summed E-state index contributed by atoms with van der Waals surface area (Å²) in [6, 6.07) is 27.0. The van der Waals surface area contributed by atoms with E-state index in [1.54, 1.807) is 18.3 Å². The minimum absolute atomic E-state index is 0.467. The van der Waals surface area contributed by atoms with E-state index in [0.29, 0.717) is 12.2 Å². The van der Waals surface area contributed by atoms with Gasteiger partial charge in [-0.3, -0.25) is 5.43 Å². The molecular formula is C21H17N3O. The van der Waals surface area contributed by atoms with Crippen molar-refractivity contribution in [3.8, 4) is 11.8 Å². The maximum atomic E-state index is 8.79. The second-order valence-corrected chi connectivity index (χ2v) is 5.40. The molecule has 0 saturated heterocycles. The van der Waals surface area contributed by atoms with E-state index in [0.717, 1.165) is 22.6 Å². The summed E-state index contributed by atoms with van der Waals surface area (Å²) in [4.78, 5) is 0. The normalized spacial score (nSPS) is 10.4. The Bertz CT molecular complexity index is 864. The van der Waals surface area contributed by atoms with Crippen LogP contribution in [0.5, 0.6) is 5.75 Å². The van der Waals surface area contributed by atoms with Crippen LogP contribution < -0.4 is 10.2 Å². The molecule has 4 nitrogen and oxygen atoms in total. The van der Waals surface area contributed by atoms with Gasteiger partial charge in [-0.15, -0.1) is 0 Å². The highest BCUT2D eigenvalue weighted by Crippen LogP contribution is 2.14. The Hall–Kier alpha value is -3.58. The van der Waals surface area contributed by atoms with Crippen LogP contribution in [0.2, 0.25) is 0 Å². The minimum atomic E-state index is 0.467. The summed E-state index contributed by atoms with van der Waals surface area (Å²) in [7, 11) is 0. The van der Waals surface area contributed by atoms with E-state index in [9.17, 15) is 0 Å². The molecule has 0 unspecified atom stereocenters. The Labute approximate surface area is 147 Å². The van der Waals surface area contributed by atoms with Crippen LogP contribution in [-0.4, -0.2) is 6.21 Å². The highest BCUT2D eigenvalue weighted by atomic mass is 16.5. The quantitative estimate of drug-likeness (QED) is 0.532. The summed E-state index contributed by atoms with van der Waals surface area (Å²) < 4.78 is 5.75.